The first-order valence-corrected chi connectivity index (χ1v) is 3.84. The number of carbonyl (C=O) groups is 2. The van der Waals surface area contributed by atoms with Crippen LogP contribution in [0.5, 0.6) is 0 Å². The normalized spacial score (nSPS) is 9.50. The number of rotatable bonds is 2. The molecule has 0 spiro atoms. The molecule has 1 rings (SSSR count). The Balaban J connectivity index is 3.36. The third kappa shape index (κ3) is 1.65. The smallest absolute Gasteiger partial charge is 0.153 e. The summed E-state index contributed by atoms with van der Waals surface area (Å²) in [7, 11) is 0. The van der Waals surface area contributed by atoms with Gasteiger partial charge in [0.05, 0.1) is 15.6 Å². The molecule has 0 bridgehead atoms. The van der Waals surface area contributed by atoms with E-state index in [1.807, 2.05) is 0 Å². The van der Waals surface area contributed by atoms with Gasteiger partial charge in [0.15, 0.2) is 6.29 Å². The molecule has 0 N–H and O–H groups in total. The summed E-state index contributed by atoms with van der Waals surface area (Å²) in [6.07, 6.45) is 1.17. The molecule has 0 aromatic heterocycles. The Morgan fingerprint density at radius 2 is 1.50 bits per heavy atom. The highest BCUT2D eigenvalue weighted by Crippen LogP contribution is 2.24. The average Bonchev–Trinajstić information content (AvgIpc) is 2.03. The van der Waals surface area contributed by atoms with E-state index in [1.54, 1.807) is 0 Å². The number of carbonyl (C=O) groups excluding carboxylic acids is 2. The molecule has 62 valence electrons. The second-order valence-corrected chi connectivity index (χ2v) is 2.95. The molecule has 0 atom stereocenters. The van der Waals surface area contributed by atoms with Gasteiger partial charge in [-0.05, 0) is 12.1 Å². The molecule has 0 saturated heterocycles. The lowest BCUT2D eigenvalue weighted by Crippen LogP contribution is -1.87. The van der Waals surface area contributed by atoms with Crippen molar-refractivity contribution in [1.29, 1.82) is 0 Å². The van der Waals surface area contributed by atoms with Crippen molar-refractivity contribution in [2.24, 2.45) is 0 Å². The molecular formula is C8H4Cl2O2. The largest absolute Gasteiger partial charge is 0.298 e. The number of hydrogen-bond acceptors (Lipinski definition) is 2. The van der Waals surface area contributed by atoms with Gasteiger partial charge in [-0.25, -0.2) is 0 Å². The van der Waals surface area contributed by atoms with Crippen LogP contribution in [-0.2, 0) is 0 Å². The number of aldehydes is 2. The molecule has 0 amide bonds. The van der Waals surface area contributed by atoms with Crippen molar-refractivity contribution in [3.05, 3.63) is 33.3 Å². The van der Waals surface area contributed by atoms with Crippen LogP contribution in [0.3, 0.4) is 0 Å². The van der Waals surface area contributed by atoms with Gasteiger partial charge < -0.3 is 0 Å². The van der Waals surface area contributed by atoms with E-state index in [9.17, 15) is 9.59 Å². The third-order valence-corrected chi connectivity index (χ3v) is 1.98. The van der Waals surface area contributed by atoms with Crippen LogP contribution in [0.25, 0.3) is 0 Å². The number of hydrogen-bond donors (Lipinski definition) is 0. The second kappa shape index (κ2) is 3.70. The average molecular weight is 203 g/mol. The van der Waals surface area contributed by atoms with Crippen molar-refractivity contribution in [3.8, 4) is 0 Å². The van der Waals surface area contributed by atoms with E-state index in [0.717, 1.165) is 0 Å². The Kier molecular flexibility index (Phi) is 2.84. The van der Waals surface area contributed by atoms with E-state index in [1.165, 1.54) is 12.1 Å². The summed E-state index contributed by atoms with van der Waals surface area (Å²) in [6.45, 7) is 0. The number of benzene rings is 1. The molecule has 4 heteroatoms. The molecule has 0 saturated carbocycles. The minimum absolute atomic E-state index is 0.194. The topological polar surface area (TPSA) is 34.1 Å². The summed E-state index contributed by atoms with van der Waals surface area (Å²) >= 11 is 11.3. The predicted molar refractivity (Wildman–Crippen MR) is 47.2 cm³/mol. The van der Waals surface area contributed by atoms with Gasteiger partial charge in [-0.15, -0.1) is 0 Å². The van der Waals surface area contributed by atoms with Crippen LogP contribution in [0.2, 0.25) is 10.0 Å². The minimum atomic E-state index is 0.194. The highest BCUT2D eigenvalue weighted by molar-refractivity contribution is 6.38. The molecule has 0 heterocycles. The Morgan fingerprint density at radius 1 is 1.00 bits per heavy atom. The standard InChI is InChI=1S/C8H4Cl2O2/c9-7-1-5(3-11)2-8(10)6(7)4-12/h1-4H. The third-order valence-electron chi connectivity index (χ3n) is 1.36. The lowest BCUT2D eigenvalue weighted by atomic mass is 10.1. The van der Waals surface area contributed by atoms with Crippen LogP contribution in [0.4, 0.5) is 0 Å². The first-order chi connectivity index (χ1) is 5.69. The van der Waals surface area contributed by atoms with Crippen LogP contribution < -0.4 is 0 Å². The van der Waals surface area contributed by atoms with E-state index in [2.05, 4.69) is 0 Å². The fraction of sp³-hybridized carbons (Fsp3) is 0. The predicted octanol–water partition coefficient (Wildman–Crippen LogP) is 2.62. The van der Waals surface area contributed by atoms with E-state index in [4.69, 9.17) is 23.2 Å². The molecule has 2 nitrogen and oxygen atoms in total. The maximum Gasteiger partial charge on any atom is 0.153 e. The van der Waals surface area contributed by atoms with Gasteiger partial charge >= 0.3 is 0 Å². The van der Waals surface area contributed by atoms with Crippen LogP contribution in [0, 0.1) is 0 Å². The highest BCUT2D eigenvalue weighted by Gasteiger charge is 2.06. The molecule has 0 aliphatic carbocycles. The first kappa shape index (κ1) is 9.23. The van der Waals surface area contributed by atoms with Crippen LogP contribution in [0.1, 0.15) is 20.7 Å². The maximum absolute atomic E-state index is 10.4. The summed E-state index contributed by atoms with van der Waals surface area (Å²) in [4.78, 5) is 20.7. The lowest BCUT2D eigenvalue weighted by molar-refractivity contribution is 0.111. The molecular weight excluding hydrogens is 199 g/mol. The molecule has 12 heavy (non-hydrogen) atoms. The van der Waals surface area contributed by atoms with Crippen LogP contribution in [-0.4, -0.2) is 12.6 Å². The van der Waals surface area contributed by atoms with Gasteiger partial charge in [-0.2, -0.15) is 0 Å². The van der Waals surface area contributed by atoms with E-state index >= 15 is 0 Å². The highest BCUT2D eigenvalue weighted by atomic mass is 35.5. The van der Waals surface area contributed by atoms with Gasteiger partial charge in [-0.3, -0.25) is 9.59 Å². The molecule has 1 aromatic carbocycles. The van der Waals surface area contributed by atoms with Gasteiger partial charge in [0, 0.05) is 5.56 Å². The zero-order valence-corrected chi connectivity index (χ0v) is 7.39. The summed E-state index contributed by atoms with van der Waals surface area (Å²) in [5, 5.41) is 0.388. The fourth-order valence-corrected chi connectivity index (χ4v) is 1.38. The van der Waals surface area contributed by atoms with Gasteiger partial charge in [0.25, 0.3) is 0 Å². The summed E-state index contributed by atoms with van der Waals surface area (Å²) < 4.78 is 0. The Morgan fingerprint density at radius 3 is 1.83 bits per heavy atom. The summed E-state index contributed by atoms with van der Waals surface area (Å²) in [5.41, 5.74) is 0.569. The Bertz CT molecular complexity index is 311. The van der Waals surface area contributed by atoms with E-state index < -0.39 is 0 Å². The molecule has 0 radical (unpaired) electrons. The van der Waals surface area contributed by atoms with Gasteiger partial charge in [0.1, 0.15) is 6.29 Å². The zero-order chi connectivity index (χ0) is 9.14. The summed E-state index contributed by atoms with van der Waals surface area (Å²) in [5.74, 6) is 0. The van der Waals surface area contributed by atoms with Gasteiger partial charge in [-0.1, -0.05) is 23.2 Å². The van der Waals surface area contributed by atoms with Crippen molar-refractivity contribution >= 4 is 35.8 Å². The molecule has 0 aliphatic heterocycles. The second-order valence-electron chi connectivity index (χ2n) is 2.13. The Labute approximate surface area is 79.1 Å². The molecule has 0 aliphatic rings. The van der Waals surface area contributed by atoms with Crippen molar-refractivity contribution in [2.45, 2.75) is 0 Å². The monoisotopic (exact) mass is 202 g/mol. The minimum Gasteiger partial charge on any atom is -0.298 e. The van der Waals surface area contributed by atoms with E-state index in [-0.39, 0.29) is 15.6 Å². The SMILES string of the molecule is O=Cc1cc(Cl)c(C=O)c(Cl)c1. The van der Waals surface area contributed by atoms with Crippen molar-refractivity contribution in [3.63, 3.8) is 0 Å². The van der Waals surface area contributed by atoms with Crippen molar-refractivity contribution < 1.29 is 9.59 Å². The Hall–Kier alpha value is -0.860. The van der Waals surface area contributed by atoms with Gasteiger partial charge in [0.2, 0.25) is 0 Å². The molecule has 1 aromatic rings. The molecule has 0 unspecified atom stereocenters. The van der Waals surface area contributed by atoms with Crippen LogP contribution in [0.15, 0.2) is 12.1 Å². The maximum atomic E-state index is 10.4. The zero-order valence-electron chi connectivity index (χ0n) is 5.88. The summed E-state index contributed by atoms with van der Waals surface area (Å²) in [6, 6.07) is 2.79. The van der Waals surface area contributed by atoms with Crippen LogP contribution >= 0.6 is 23.2 Å². The van der Waals surface area contributed by atoms with E-state index in [0.29, 0.717) is 18.1 Å². The number of halogens is 2. The van der Waals surface area contributed by atoms with Crippen molar-refractivity contribution in [1.82, 2.24) is 0 Å². The van der Waals surface area contributed by atoms with Crippen molar-refractivity contribution in [2.75, 3.05) is 0 Å². The first-order valence-electron chi connectivity index (χ1n) is 3.08. The fourth-order valence-electron chi connectivity index (χ4n) is 0.785. The quantitative estimate of drug-likeness (QED) is 0.692. The molecule has 0 fully saturated rings. The lowest BCUT2D eigenvalue weighted by Gasteiger charge is -1.99.